The summed E-state index contributed by atoms with van der Waals surface area (Å²) < 4.78 is 12.9. The maximum atomic E-state index is 12.9. The van der Waals surface area contributed by atoms with Gasteiger partial charge in [0.25, 0.3) is 0 Å². The van der Waals surface area contributed by atoms with Gasteiger partial charge in [-0.25, -0.2) is 9.37 Å². The normalized spacial score (nSPS) is 23.9. The van der Waals surface area contributed by atoms with Gasteiger partial charge in [-0.3, -0.25) is 4.79 Å². The van der Waals surface area contributed by atoms with Crippen molar-refractivity contribution in [3.63, 3.8) is 0 Å². The fourth-order valence-electron chi connectivity index (χ4n) is 2.67. The molecule has 1 heterocycles. The van der Waals surface area contributed by atoms with Gasteiger partial charge in [-0.05, 0) is 42.9 Å². The second kappa shape index (κ2) is 4.91. The molecule has 21 heavy (non-hydrogen) atoms. The predicted molar refractivity (Wildman–Crippen MR) is 80.0 cm³/mol. The molecule has 1 aromatic carbocycles. The van der Waals surface area contributed by atoms with Crippen molar-refractivity contribution in [1.82, 2.24) is 4.98 Å². The lowest BCUT2D eigenvalue weighted by Crippen LogP contribution is -2.14. The maximum Gasteiger partial charge on any atom is 0.229 e. The van der Waals surface area contributed by atoms with Crippen LogP contribution in [0.2, 0.25) is 0 Å². The monoisotopic (exact) mass is 302 g/mol. The van der Waals surface area contributed by atoms with Gasteiger partial charge in [0.1, 0.15) is 5.82 Å². The number of thiazole rings is 1. The van der Waals surface area contributed by atoms with Crippen LogP contribution in [0.5, 0.6) is 0 Å². The van der Waals surface area contributed by atoms with Crippen LogP contribution in [0.4, 0.5) is 9.52 Å². The first-order valence-corrected chi connectivity index (χ1v) is 8.10. The Bertz CT molecular complexity index is 678. The molecular weight excluding hydrogens is 287 g/mol. The van der Waals surface area contributed by atoms with E-state index in [2.05, 4.69) is 10.3 Å². The quantitative estimate of drug-likeness (QED) is 0.930. The van der Waals surface area contributed by atoms with Gasteiger partial charge in [0.2, 0.25) is 5.91 Å². The summed E-state index contributed by atoms with van der Waals surface area (Å²) in [6.45, 7) is 0. The summed E-state index contributed by atoms with van der Waals surface area (Å²) in [5, 5.41) is 5.65. The number of anilines is 1. The molecule has 0 bridgehead atoms. The van der Waals surface area contributed by atoms with Crippen LogP contribution in [-0.4, -0.2) is 10.9 Å². The highest BCUT2D eigenvalue weighted by atomic mass is 32.1. The number of aromatic nitrogens is 1. The van der Waals surface area contributed by atoms with E-state index in [9.17, 15) is 9.18 Å². The highest BCUT2D eigenvalue weighted by Gasteiger charge is 2.44. The molecule has 1 aromatic heterocycles. The molecule has 2 unspecified atom stereocenters. The minimum Gasteiger partial charge on any atom is -0.302 e. The van der Waals surface area contributed by atoms with Crippen molar-refractivity contribution in [3.05, 3.63) is 46.7 Å². The number of halogens is 1. The van der Waals surface area contributed by atoms with E-state index in [1.165, 1.54) is 36.3 Å². The molecule has 5 heteroatoms. The van der Waals surface area contributed by atoms with Crippen molar-refractivity contribution >= 4 is 22.4 Å². The van der Waals surface area contributed by atoms with E-state index in [4.69, 9.17) is 0 Å². The zero-order valence-corrected chi connectivity index (χ0v) is 12.2. The Hall–Kier alpha value is -1.75. The number of hydrogen-bond donors (Lipinski definition) is 1. The smallest absolute Gasteiger partial charge is 0.229 e. The van der Waals surface area contributed by atoms with Gasteiger partial charge in [0.05, 0.1) is 5.69 Å². The average molecular weight is 302 g/mol. The minimum atomic E-state index is -0.240. The molecule has 0 spiro atoms. The topological polar surface area (TPSA) is 42.0 Å². The van der Waals surface area contributed by atoms with E-state index < -0.39 is 0 Å². The standard InChI is InChI=1S/C16H15FN2OS/c17-11-5-3-9(4-6-11)12-7-13(12)15(20)19-16-18-14(8-21-16)10-1-2-10/h3-6,8,10,12-13H,1-2,7H2,(H,18,19,20). The third-order valence-electron chi connectivity index (χ3n) is 4.17. The third-order valence-corrected chi connectivity index (χ3v) is 4.95. The molecule has 1 amide bonds. The van der Waals surface area contributed by atoms with Crippen molar-refractivity contribution in [2.45, 2.75) is 31.1 Å². The summed E-state index contributed by atoms with van der Waals surface area (Å²) in [6, 6.07) is 6.43. The summed E-state index contributed by atoms with van der Waals surface area (Å²) in [5.41, 5.74) is 2.15. The van der Waals surface area contributed by atoms with Gasteiger partial charge >= 0.3 is 0 Å². The number of nitrogens with one attached hydrogen (secondary N) is 1. The van der Waals surface area contributed by atoms with Gasteiger partial charge in [0, 0.05) is 17.2 Å². The fourth-order valence-corrected chi connectivity index (χ4v) is 3.47. The van der Waals surface area contributed by atoms with Crippen LogP contribution in [0.15, 0.2) is 29.6 Å². The van der Waals surface area contributed by atoms with E-state index in [1.54, 1.807) is 12.1 Å². The molecule has 2 fully saturated rings. The van der Waals surface area contributed by atoms with Crippen LogP contribution in [0.3, 0.4) is 0 Å². The Morgan fingerprint density at radius 3 is 2.76 bits per heavy atom. The van der Waals surface area contributed by atoms with Gasteiger partial charge in [-0.2, -0.15) is 0 Å². The van der Waals surface area contributed by atoms with Crippen LogP contribution < -0.4 is 5.32 Å². The SMILES string of the molecule is O=C(Nc1nc(C2CC2)cs1)C1CC1c1ccc(F)cc1. The fraction of sp³-hybridized carbons (Fsp3) is 0.375. The third kappa shape index (κ3) is 2.70. The summed E-state index contributed by atoms with van der Waals surface area (Å²) >= 11 is 1.50. The largest absolute Gasteiger partial charge is 0.302 e. The van der Waals surface area contributed by atoms with Crippen molar-refractivity contribution in [2.24, 2.45) is 5.92 Å². The molecule has 0 saturated heterocycles. The lowest BCUT2D eigenvalue weighted by molar-refractivity contribution is -0.117. The van der Waals surface area contributed by atoms with Gasteiger partial charge in [-0.15, -0.1) is 11.3 Å². The summed E-state index contributed by atoms with van der Waals surface area (Å²) in [6.07, 6.45) is 3.26. The van der Waals surface area contributed by atoms with Crippen LogP contribution in [0.25, 0.3) is 0 Å². The molecule has 108 valence electrons. The Kier molecular flexibility index (Phi) is 3.03. The highest BCUT2D eigenvalue weighted by molar-refractivity contribution is 7.13. The molecule has 2 aromatic rings. The molecule has 2 aliphatic rings. The zero-order chi connectivity index (χ0) is 14.4. The number of amides is 1. The maximum absolute atomic E-state index is 12.9. The van der Waals surface area contributed by atoms with E-state index in [0.717, 1.165) is 17.7 Å². The van der Waals surface area contributed by atoms with E-state index in [1.807, 2.05) is 5.38 Å². The number of hydrogen-bond acceptors (Lipinski definition) is 3. The van der Waals surface area contributed by atoms with Crippen molar-refractivity contribution in [1.29, 1.82) is 0 Å². The van der Waals surface area contributed by atoms with Gasteiger partial charge in [-0.1, -0.05) is 12.1 Å². The summed E-state index contributed by atoms with van der Waals surface area (Å²) in [7, 11) is 0. The summed E-state index contributed by atoms with van der Waals surface area (Å²) in [4.78, 5) is 16.7. The van der Waals surface area contributed by atoms with Crippen LogP contribution in [0.1, 0.15) is 42.4 Å². The molecule has 2 aliphatic carbocycles. The molecule has 4 rings (SSSR count). The average Bonchev–Trinajstić information content (AvgIpc) is 3.39. The first-order chi connectivity index (χ1) is 10.2. The van der Waals surface area contributed by atoms with Crippen LogP contribution >= 0.6 is 11.3 Å². The Morgan fingerprint density at radius 1 is 1.29 bits per heavy atom. The lowest BCUT2D eigenvalue weighted by atomic mass is 10.1. The molecular formula is C16H15FN2OS. The van der Waals surface area contributed by atoms with Crippen molar-refractivity contribution in [3.8, 4) is 0 Å². The highest BCUT2D eigenvalue weighted by Crippen LogP contribution is 2.48. The van der Waals surface area contributed by atoms with Crippen molar-refractivity contribution in [2.75, 3.05) is 5.32 Å². The minimum absolute atomic E-state index is 0.0104. The lowest BCUT2D eigenvalue weighted by Gasteiger charge is -2.02. The van der Waals surface area contributed by atoms with E-state index in [0.29, 0.717) is 11.0 Å². The zero-order valence-electron chi connectivity index (χ0n) is 11.4. The number of carbonyl (C=O) groups is 1. The first kappa shape index (κ1) is 13.0. The first-order valence-electron chi connectivity index (χ1n) is 7.22. The van der Waals surface area contributed by atoms with Crippen LogP contribution in [0, 0.1) is 11.7 Å². The number of nitrogens with zero attached hydrogens (tertiary/aromatic N) is 1. The second-order valence-corrected chi connectivity index (χ2v) is 6.70. The Morgan fingerprint density at radius 2 is 2.05 bits per heavy atom. The van der Waals surface area contributed by atoms with Gasteiger partial charge in [0.15, 0.2) is 5.13 Å². The number of carbonyl (C=O) groups excluding carboxylic acids is 1. The van der Waals surface area contributed by atoms with E-state index in [-0.39, 0.29) is 23.6 Å². The Labute approximate surface area is 126 Å². The number of benzene rings is 1. The molecule has 0 radical (unpaired) electrons. The van der Waals surface area contributed by atoms with Crippen molar-refractivity contribution < 1.29 is 9.18 Å². The van der Waals surface area contributed by atoms with Gasteiger partial charge < -0.3 is 5.32 Å². The molecule has 1 N–H and O–H groups in total. The molecule has 2 saturated carbocycles. The molecule has 2 atom stereocenters. The van der Waals surface area contributed by atoms with E-state index >= 15 is 0 Å². The number of rotatable bonds is 4. The molecule has 0 aliphatic heterocycles. The van der Waals surface area contributed by atoms with Crippen LogP contribution in [-0.2, 0) is 4.79 Å². The molecule has 3 nitrogen and oxygen atoms in total. The Balaban J connectivity index is 1.38. The summed E-state index contributed by atoms with van der Waals surface area (Å²) in [5.74, 6) is 0.605. The predicted octanol–water partition coefficient (Wildman–Crippen LogP) is 3.90. The second-order valence-electron chi connectivity index (χ2n) is 5.84.